The molecule has 120 valence electrons. The van der Waals surface area contributed by atoms with Crippen molar-refractivity contribution >= 4 is 22.9 Å². The lowest BCUT2D eigenvalue weighted by molar-refractivity contribution is -0.0432. The number of ether oxygens (including phenoxy) is 1. The van der Waals surface area contributed by atoms with Crippen LogP contribution in [0, 0.1) is 0 Å². The van der Waals surface area contributed by atoms with E-state index in [4.69, 9.17) is 4.74 Å². The molecule has 3 atom stereocenters. The van der Waals surface area contributed by atoms with Gasteiger partial charge in [0.15, 0.2) is 17.0 Å². The van der Waals surface area contributed by atoms with Gasteiger partial charge in [0.1, 0.15) is 12.3 Å². The summed E-state index contributed by atoms with van der Waals surface area (Å²) in [4.78, 5) is 15.1. The van der Waals surface area contributed by atoms with Gasteiger partial charge in [0.05, 0.1) is 19.0 Å². The topological polar surface area (TPSA) is 109 Å². The van der Waals surface area contributed by atoms with Crippen molar-refractivity contribution in [3.05, 3.63) is 6.33 Å². The van der Waals surface area contributed by atoms with Crippen LogP contribution in [0.2, 0.25) is 0 Å². The van der Waals surface area contributed by atoms with Crippen LogP contribution in [0.5, 0.6) is 0 Å². The normalized spacial score (nSPS) is 24.9. The highest BCUT2D eigenvalue weighted by atomic mass is 16.5. The minimum Gasteiger partial charge on any atom is -0.394 e. The Morgan fingerprint density at radius 3 is 2.82 bits per heavy atom. The van der Waals surface area contributed by atoms with Crippen molar-refractivity contribution in [3.8, 4) is 0 Å². The molecule has 0 unspecified atom stereocenters. The average molecular weight is 308 g/mol. The Labute approximate surface area is 127 Å². The van der Waals surface area contributed by atoms with E-state index in [9.17, 15) is 10.2 Å². The molecule has 3 heterocycles. The molecule has 0 bridgehead atoms. The minimum atomic E-state index is -0.702. The predicted molar refractivity (Wildman–Crippen MR) is 80.8 cm³/mol. The second-order valence-corrected chi connectivity index (χ2v) is 5.46. The largest absolute Gasteiger partial charge is 0.394 e. The van der Waals surface area contributed by atoms with Gasteiger partial charge in [-0.2, -0.15) is 9.97 Å². The molecule has 1 aliphatic rings. The molecule has 9 heteroatoms. The van der Waals surface area contributed by atoms with Gasteiger partial charge in [0.2, 0.25) is 5.95 Å². The number of rotatable bonds is 4. The zero-order valence-corrected chi connectivity index (χ0v) is 12.8. The molecular weight excluding hydrogens is 288 g/mol. The number of aliphatic hydroxyl groups is 2. The molecule has 22 heavy (non-hydrogen) atoms. The molecule has 0 radical (unpaired) electrons. The Kier molecular flexibility index (Phi) is 3.85. The fourth-order valence-electron chi connectivity index (χ4n) is 2.54. The Hall–Kier alpha value is -1.97. The Bertz CT molecular complexity index is 673. The van der Waals surface area contributed by atoms with Crippen LogP contribution < -0.4 is 10.2 Å². The molecule has 0 aromatic carbocycles. The Morgan fingerprint density at radius 1 is 1.45 bits per heavy atom. The van der Waals surface area contributed by atoms with Gasteiger partial charge < -0.3 is 25.2 Å². The number of nitrogens with zero attached hydrogens (tertiary/aromatic N) is 5. The maximum Gasteiger partial charge on any atom is 0.228 e. The van der Waals surface area contributed by atoms with Gasteiger partial charge in [-0.15, -0.1) is 0 Å². The number of hydrogen-bond donors (Lipinski definition) is 3. The molecule has 0 spiro atoms. The lowest BCUT2D eigenvalue weighted by atomic mass is 10.2. The summed E-state index contributed by atoms with van der Waals surface area (Å²) in [6, 6.07) is 0. The number of fused-ring (bicyclic) bond motifs is 1. The first kappa shape index (κ1) is 14.9. The number of imidazole rings is 1. The van der Waals surface area contributed by atoms with Crippen LogP contribution >= 0.6 is 0 Å². The van der Waals surface area contributed by atoms with Gasteiger partial charge in [0, 0.05) is 27.6 Å². The highest BCUT2D eigenvalue weighted by Crippen LogP contribution is 2.32. The van der Waals surface area contributed by atoms with Crippen molar-refractivity contribution in [2.24, 2.45) is 0 Å². The van der Waals surface area contributed by atoms with E-state index in [0.717, 1.165) is 0 Å². The average Bonchev–Trinajstić information content (AvgIpc) is 3.08. The van der Waals surface area contributed by atoms with E-state index in [0.29, 0.717) is 29.4 Å². The number of aromatic nitrogens is 4. The lowest BCUT2D eigenvalue weighted by Gasteiger charge is -2.15. The lowest BCUT2D eigenvalue weighted by Crippen LogP contribution is -2.24. The molecule has 2 aromatic heterocycles. The third-order valence-corrected chi connectivity index (χ3v) is 3.74. The Morgan fingerprint density at radius 2 is 2.23 bits per heavy atom. The van der Waals surface area contributed by atoms with Crippen molar-refractivity contribution in [3.63, 3.8) is 0 Å². The van der Waals surface area contributed by atoms with Crippen molar-refractivity contribution in [2.75, 3.05) is 38.0 Å². The number of nitrogens with one attached hydrogen (secondary N) is 1. The molecule has 0 amide bonds. The summed E-state index contributed by atoms with van der Waals surface area (Å²) in [5.74, 6) is 1.18. The molecular formula is C13H20N6O3. The summed E-state index contributed by atoms with van der Waals surface area (Å²) >= 11 is 0. The van der Waals surface area contributed by atoms with Gasteiger partial charge >= 0.3 is 0 Å². The number of hydrogen-bond acceptors (Lipinski definition) is 8. The summed E-state index contributed by atoms with van der Waals surface area (Å²) in [6.45, 7) is -0.218. The fraction of sp³-hybridized carbons (Fsp3) is 0.615. The second-order valence-electron chi connectivity index (χ2n) is 5.46. The first-order chi connectivity index (χ1) is 10.5. The highest BCUT2D eigenvalue weighted by Gasteiger charge is 2.35. The minimum absolute atomic E-state index is 0.218. The van der Waals surface area contributed by atoms with Gasteiger partial charge in [-0.1, -0.05) is 0 Å². The quantitative estimate of drug-likeness (QED) is 0.698. The van der Waals surface area contributed by atoms with Crippen LogP contribution in [-0.4, -0.2) is 69.7 Å². The second kappa shape index (κ2) is 5.67. The molecule has 3 N–H and O–H groups in total. The third-order valence-electron chi connectivity index (χ3n) is 3.74. The monoisotopic (exact) mass is 308 g/mol. The summed E-state index contributed by atoms with van der Waals surface area (Å²) < 4.78 is 7.45. The van der Waals surface area contributed by atoms with E-state index in [1.807, 2.05) is 14.1 Å². The van der Waals surface area contributed by atoms with Crippen molar-refractivity contribution in [1.82, 2.24) is 19.5 Å². The molecule has 9 nitrogen and oxygen atoms in total. The highest BCUT2D eigenvalue weighted by molar-refractivity contribution is 5.84. The molecule has 2 aromatic rings. The SMILES string of the molecule is CNc1nc(N(C)C)nc2c1ncn2[C@@H]1C[C@@H](O)[C@H](CO)O1. The van der Waals surface area contributed by atoms with E-state index in [-0.39, 0.29) is 6.61 Å². The molecule has 1 saturated heterocycles. The first-order valence-corrected chi connectivity index (χ1v) is 7.09. The van der Waals surface area contributed by atoms with Crippen LogP contribution in [-0.2, 0) is 4.74 Å². The number of aliphatic hydroxyl groups excluding tert-OH is 2. The van der Waals surface area contributed by atoms with Gasteiger partial charge in [-0.25, -0.2) is 4.98 Å². The summed E-state index contributed by atoms with van der Waals surface area (Å²) in [6.07, 6.45) is 0.309. The maximum atomic E-state index is 9.90. The number of anilines is 2. The van der Waals surface area contributed by atoms with E-state index in [1.165, 1.54) is 0 Å². The van der Waals surface area contributed by atoms with Crippen molar-refractivity contribution in [2.45, 2.75) is 24.9 Å². The van der Waals surface area contributed by atoms with Crippen molar-refractivity contribution in [1.29, 1.82) is 0 Å². The van der Waals surface area contributed by atoms with Crippen LogP contribution in [0.4, 0.5) is 11.8 Å². The van der Waals surface area contributed by atoms with E-state index in [1.54, 1.807) is 22.8 Å². The van der Waals surface area contributed by atoms with Gasteiger partial charge in [-0.05, 0) is 0 Å². The molecule has 0 aliphatic carbocycles. The predicted octanol–water partition coefficient (Wildman–Crippen LogP) is -0.425. The summed E-state index contributed by atoms with van der Waals surface area (Å²) in [5.41, 5.74) is 1.26. The maximum absolute atomic E-state index is 9.90. The zero-order valence-electron chi connectivity index (χ0n) is 12.8. The first-order valence-electron chi connectivity index (χ1n) is 7.09. The van der Waals surface area contributed by atoms with Crippen LogP contribution in [0.1, 0.15) is 12.6 Å². The summed E-state index contributed by atoms with van der Waals surface area (Å²) in [5, 5.41) is 22.1. The van der Waals surface area contributed by atoms with Crippen molar-refractivity contribution < 1.29 is 14.9 Å². The van der Waals surface area contributed by atoms with E-state index < -0.39 is 18.4 Å². The van der Waals surface area contributed by atoms with E-state index >= 15 is 0 Å². The smallest absolute Gasteiger partial charge is 0.228 e. The molecule has 3 rings (SSSR count). The molecule has 1 aliphatic heterocycles. The third kappa shape index (κ3) is 2.36. The molecule has 0 saturated carbocycles. The van der Waals surface area contributed by atoms with Crippen LogP contribution in [0.25, 0.3) is 11.2 Å². The fourth-order valence-corrected chi connectivity index (χ4v) is 2.54. The molecule has 1 fully saturated rings. The Balaban J connectivity index is 2.06. The van der Waals surface area contributed by atoms with Gasteiger partial charge in [0.25, 0.3) is 0 Å². The zero-order chi connectivity index (χ0) is 15.9. The van der Waals surface area contributed by atoms with Gasteiger partial charge in [-0.3, -0.25) is 4.57 Å². The van der Waals surface area contributed by atoms with E-state index in [2.05, 4.69) is 20.3 Å². The summed E-state index contributed by atoms with van der Waals surface area (Å²) in [7, 11) is 5.50. The van der Waals surface area contributed by atoms with Crippen LogP contribution in [0.15, 0.2) is 6.33 Å². The standard InChI is InChI=1S/C13H20N6O3/c1-14-11-10-12(17-13(16-11)18(2)3)19(6-15-10)9-4-7(21)8(5-20)22-9/h6-9,20-21H,4-5H2,1-3H3,(H,14,16,17)/t7-,8+,9+/m1/s1. The van der Waals surface area contributed by atoms with Crippen LogP contribution in [0.3, 0.4) is 0 Å².